The minimum absolute atomic E-state index is 0.0565. The highest BCUT2D eigenvalue weighted by Crippen LogP contribution is 2.28. The molecule has 0 radical (unpaired) electrons. The Hall–Kier alpha value is -2.51. The molecule has 0 aliphatic rings. The van der Waals surface area contributed by atoms with Crippen LogP contribution in [0.2, 0.25) is 5.02 Å². The van der Waals surface area contributed by atoms with Crippen molar-refractivity contribution in [1.82, 2.24) is 0 Å². The van der Waals surface area contributed by atoms with Crippen molar-refractivity contribution in [1.29, 1.82) is 0 Å². The number of benzene rings is 2. The average molecular weight is 364 g/mol. The van der Waals surface area contributed by atoms with Crippen LogP contribution in [-0.4, -0.2) is 17.1 Å². The van der Waals surface area contributed by atoms with Gasteiger partial charge in [0, 0.05) is 22.8 Å². The van der Waals surface area contributed by atoms with Gasteiger partial charge in [-0.2, -0.15) is 0 Å². The van der Waals surface area contributed by atoms with Gasteiger partial charge in [-0.15, -0.1) is 11.8 Å². The Balaban J connectivity index is 2.44. The monoisotopic (exact) mass is 363 g/mol. The van der Waals surface area contributed by atoms with Crippen LogP contribution in [-0.2, 0) is 4.79 Å². The Labute approximate surface area is 147 Å². The molecule has 0 aromatic heterocycles. The molecule has 0 unspecified atom stereocenters. The molecular formula is C16H14ClN3O3S. The number of nitrogens with zero attached hydrogens (tertiary/aromatic N) is 1. The van der Waals surface area contributed by atoms with Crippen LogP contribution >= 0.6 is 23.4 Å². The Morgan fingerprint density at radius 2 is 1.75 bits per heavy atom. The summed E-state index contributed by atoms with van der Waals surface area (Å²) in [7, 11) is 0. The van der Waals surface area contributed by atoms with Crippen molar-refractivity contribution < 1.29 is 9.72 Å². The maximum Gasteiger partial charge on any atom is 0.269 e. The molecule has 0 bridgehead atoms. The van der Waals surface area contributed by atoms with E-state index in [4.69, 9.17) is 17.3 Å². The number of primary amides is 1. The molecule has 0 saturated heterocycles. The molecule has 1 amide bonds. The van der Waals surface area contributed by atoms with Crippen molar-refractivity contribution in [3.63, 3.8) is 0 Å². The fraction of sp³-hybridized carbons (Fsp3) is 0.0625. The molecule has 2 rings (SSSR count). The van der Waals surface area contributed by atoms with Crippen LogP contribution in [0, 0.1) is 10.1 Å². The van der Waals surface area contributed by atoms with Crippen molar-refractivity contribution >= 4 is 46.2 Å². The molecule has 2 aromatic carbocycles. The molecule has 124 valence electrons. The number of amides is 1. The third-order valence-corrected chi connectivity index (χ3v) is 4.11. The Bertz CT molecular complexity index is 789. The summed E-state index contributed by atoms with van der Waals surface area (Å²) in [5.41, 5.74) is 6.96. The molecule has 0 saturated carbocycles. The van der Waals surface area contributed by atoms with Gasteiger partial charge < -0.3 is 11.1 Å². The number of carbonyl (C=O) groups excluding carboxylic acids is 1. The van der Waals surface area contributed by atoms with Gasteiger partial charge in [-0.25, -0.2) is 0 Å². The molecule has 8 heteroatoms. The molecule has 24 heavy (non-hydrogen) atoms. The lowest BCUT2D eigenvalue weighted by Crippen LogP contribution is -2.16. The number of nitrogens with one attached hydrogen (secondary N) is 1. The first-order valence-electron chi connectivity index (χ1n) is 6.78. The summed E-state index contributed by atoms with van der Waals surface area (Å²) in [6.45, 7) is 0. The van der Waals surface area contributed by atoms with Crippen LogP contribution in [0.15, 0.2) is 53.6 Å². The van der Waals surface area contributed by atoms with Gasteiger partial charge in [-0.3, -0.25) is 14.9 Å². The SMILES string of the molecule is CS/C(Nc1ccc(Cl)cc1)=C(\C(N)=O)c1ccc([N+](=O)[O-])cc1. The van der Waals surface area contributed by atoms with E-state index in [9.17, 15) is 14.9 Å². The number of carbonyl (C=O) groups is 1. The van der Waals surface area contributed by atoms with Crippen LogP contribution < -0.4 is 11.1 Å². The van der Waals surface area contributed by atoms with Crippen LogP contribution in [0.1, 0.15) is 5.56 Å². The predicted molar refractivity (Wildman–Crippen MR) is 97.8 cm³/mol. The minimum Gasteiger partial charge on any atom is -0.365 e. The number of hydrogen-bond acceptors (Lipinski definition) is 5. The topological polar surface area (TPSA) is 98.3 Å². The zero-order valence-corrected chi connectivity index (χ0v) is 14.2. The van der Waals surface area contributed by atoms with E-state index in [1.54, 1.807) is 30.5 Å². The second-order valence-corrected chi connectivity index (χ2v) is 5.96. The first-order valence-corrected chi connectivity index (χ1v) is 8.38. The average Bonchev–Trinajstić information content (AvgIpc) is 2.56. The number of nitrogens with two attached hydrogens (primary N) is 1. The van der Waals surface area contributed by atoms with Crippen molar-refractivity contribution in [2.24, 2.45) is 5.73 Å². The second-order valence-electron chi connectivity index (χ2n) is 4.71. The van der Waals surface area contributed by atoms with E-state index >= 15 is 0 Å². The van der Waals surface area contributed by atoms with Gasteiger partial charge in [0.15, 0.2) is 0 Å². The molecule has 0 spiro atoms. The summed E-state index contributed by atoms with van der Waals surface area (Å²) < 4.78 is 0. The van der Waals surface area contributed by atoms with E-state index in [1.165, 1.54) is 36.0 Å². The highest BCUT2D eigenvalue weighted by molar-refractivity contribution is 8.02. The van der Waals surface area contributed by atoms with E-state index in [2.05, 4.69) is 5.32 Å². The van der Waals surface area contributed by atoms with E-state index in [1.807, 2.05) is 0 Å². The lowest BCUT2D eigenvalue weighted by atomic mass is 10.1. The zero-order valence-electron chi connectivity index (χ0n) is 12.7. The normalized spacial score (nSPS) is 11.6. The van der Waals surface area contributed by atoms with Crippen LogP contribution in [0.5, 0.6) is 0 Å². The number of rotatable bonds is 6. The van der Waals surface area contributed by atoms with Crippen molar-refractivity contribution in [2.45, 2.75) is 0 Å². The van der Waals surface area contributed by atoms with Crippen LogP contribution in [0.25, 0.3) is 5.57 Å². The third kappa shape index (κ3) is 4.27. The lowest BCUT2D eigenvalue weighted by Gasteiger charge is -2.14. The van der Waals surface area contributed by atoms with Crippen molar-refractivity contribution in [3.05, 3.63) is 74.3 Å². The van der Waals surface area contributed by atoms with Gasteiger partial charge in [0.1, 0.15) is 0 Å². The van der Waals surface area contributed by atoms with Gasteiger partial charge >= 0.3 is 0 Å². The maximum atomic E-state index is 11.9. The fourth-order valence-corrected chi connectivity index (χ4v) is 2.78. The van der Waals surface area contributed by atoms with Gasteiger partial charge in [0.25, 0.3) is 11.6 Å². The minimum atomic E-state index is -0.630. The van der Waals surface area contributed by atoms with E-state index in [0.29, 0.717) is 15.6 Å². The highest BCUT2D eigenvalue weighted by Gasteiger charge is 2.16. The van der Waals surface area contributed by atoms with E-state index in [0.717, 1.165) is 5.69 Å². The molecule has 0 aliphatic carbocycles. The number of thioether (sulfide) groups is 1. The molecule has 0 fully saturated rings. The zero-order chi connectivity index (χ0) is 17.7. The Morgan fingerprint density at radius 3 is 2.21 bits per heavy atom. The number of nitro benzene ring substituents is 1. The second kappa shape index (κ2) is 7.85. The van der Waals surface area contributed by atoms with Gasteiger partial charge in [0.2, 0.25) is 0 Å². The summed E-state index contributed by atoms with van der Waals surface area (Å²) in [6, 6.07) is 12.6. The predicted octanol–water partition coefficient (Wildman–Crippen LogP) is 3.88. The summed E-state index contributed by atoms with van der Waals surface area (Å²) >= 11 is 7.17. The first-order chi connectivity index (χ1) is 11.4. The fourth-order valence-electron chi connectivity index (χ4n) is 2.01. The maximum absolute atomic E-state index is 11.9. The molecule has 0 atom stereocenters. The lowest BCUT2D eigenvalue weighted by molar-refractivity contribution is -0.384. The summed E-state index contributed by atoms with van der Waals surface area (Å²) in [5, 5.41) is 15.0. The molecule has 2 aromatic rings. The number of nitro groups is 1. The number of anilines is 1. The number of non-ortho nitro benzene ring substituents is 1. The Morgan fingerprint density at radius 1 is 1.17 bits per heavy atom. The smallest absolute Gasteiger partial charge is 0.269 e. The standard InChI is InChI=1S/C16H14ClN3O3S/c1-24-16(19-12-6-4-11(17)5-7-12)14(15(18)21)10-2-8-13(9-3-10)20(22)23/h2-9,19H,1H3,(H2,18,21)/b16-14-. The Kier molecular flexibility index (Phi) is 5.83. The highest BCUT2D eigenvalue weighted by atomic mass is 35.5. The molecule has 0 heterocycles. The van der Waals surface area contributed by atoms with Crippen molar-refractivity contribution in [2.75, 3.05) is 11.6 Å². The van der Waals surface area contributed by atoms with E-state index < -0.39 is 10.8 Å². The summed E-state index contributed by atoms with van der Waals surface area (Å²) in [5.74, 6) is -0.630. The molecule has 0 aliphatic heterocycles. The molecular weight excluding hydrogens is 350 g/mol. The van der Waals surface area contributed by atoms with Gasteiger partial charge in [0.05, 0.1) is 15.5 Å². The van der Waals surface area contributed by atoms with Gasteiger partial charge in [-0.05, 0) is 48.2 Å². The van der Waals surface area contributed by atoms with Crippen molar-refractivity contribution in [3.8, 4) is 0 Å². The number of hydrogen-bond donors (Lipinski definition) is 2. The molecule has 6 nitrogen and oxygen atoms in total. The quantitative estimate of drug-likeness (QED) is 0.461. The van der Waals surface area contributed by atoms with Gasteiger partial charge in [-0.1, -0.05) is 11.6 Å². The van der Waals surface area contributed by atoms with Crippen LogP contribution in [0.3, 0.4) is 0 Å². The largest absolute Gasteiger partial charge is 0.365 e. The van der Waals surface area contributed by atoms with E-state index in [-0.39, 0.29) is 11.3 Å². The third-order valence-electron chi connectivity index (χ3n) is 3.15. The first kappa shape index (κ1) is 17.8. The number of halogens is 1. The summed E-state index contributed by atoms with van der Waals surface area (Å²) in [4.78, 5) is 22.2. The van der Waals surface area contributed by atoms with Crippen LogP contribution in [0.4, 0.5) is 11.4 Å². The summed E-state index contributed by atoms with van der Waals surface area (Å²) in [6.07, 6.45) is 1.80. The molecule has 3 N–H and O–H groups in total.